The van der Waals surface area contributed by atoms with Crippen LogP contribution >= 0.6 is 11.6 Å². The second-order valence-corrected chi connectivity index (χ2v) is 3.98. The van der Waals surface area contributed by atoms with Crippen LogP contribution in [0.5, 0.6) is 11.6 Å². The van der Waals surface area contributed by atoms with Gasteiger partial charge in [-0.05, 0) is 12.1 Å². The summed E-state index contributed by atoms with van der Waals surface area (Å²) in [7, 11) is 1.56. The van der Waals surface area contributed by atoms with Crippen LogP contribution in [0.4, 0.5) is 16.0 Å². The number of anilines is 1. The van der Waals surface area contributed by atoms with Gasteiger partial charge in [-0.1, -0.05) is 11.6 Å². The van der Waals surface area contributed by atoms with Crippen molar-refractivity contribution in [2.45, 2.75) is 0 Å². The Labute approximate surface area is 117 Å². The first-order valence-electron chi connectivity index (χ1n) is 5.33. The molecule has 1 heterocycles. The highest BCUT2D eigenvalue weighted by Crippen LogP contribution is 2.31. The molecule has 1 aromatic heterocycles. The lowest BCUT2D eigenvalue weighted by molar-refractivity contribution is -0.386. The number of hydrogen-bond donors (Lipinski definition) is 1. The average Bonchev–Trinajstić information content (AvgIpc) is 2.42. The maximum atomic E-state index is 13.0. The number of rotatable bonds is 4. The Bertz CT molecular complexity index is 668. The number of aromatic nitrogens is 2. The maximum Gasteiger partial charge on any atom is 0.349 e. The van der Waals surface area contributed by atoms with Gasteiger partial charge in [-0.2, -0.15) is 4.98 Å². The maximum absolute atomic E-state index is 13.0. The van der Waals surface area contributed by atoms with E-state index < -0.39 is 16.4 Å². The summed E-state index contributed by atoms with van der Waals surface area (Å²) in [6, 6.07) is 3.57. The minimum Gasteiger partial charge on any atom is -0.434 e. The SMILES string of the molecule is CNc1ncc([N+](=O)[O-])c(Oc2ccc(F)c(Cl)c2)n1. The third-order valence-electron chi connectivity index (χ3n) is 2.26. The smallest absolute Gasteiger partial charge is 0.349 e. The van der Waals surface area contributed by atoms with Gasteiger partial charge in [-0.25, -0.2) is 9.37 Å². The lowest BCUT2D eigenvalue weighted by Gasteiger charge is -2.07. The van der Waals surface area contributed by atoms with Gasteiger partial charge in [0.25, 0.3) is 0 Å². The zero-order valence-corrected chi connectivity index (χ0v) is 10.9. The second-order valence-electron chi connectivity index (χ2n) is 3.57. The predicted molar refractivity (Wildman–Crippen MR) is 69.7 cm³/mol. The van der Waals surface area contributed by atoms with Gasteiger partial charge in [0.2, 0.25) is 5.95 Å². The monoisotopic (exact) mass is 298 g/mol. The highest BCUT2D eigenvalue weighted by Gasteiger charge is 2.19. The largest absolute Gasteiger partial charge is 0.434 e. The molecule has 0 amide bonds. The topological polar surface area (TPSA) is 90.2 Å². The molecule has 9 heteroatoms. The minimum absolute atomic E-state index is 0.125. The van der Waals surface area contributed by atoms with Gasteiger partial charge in [-0.15, -0.1) is 0 Å². The summed E-state index contributed by atoms with van der Waals surface area (Å²) in [5.41, 5.74) is -0.413. The van der Waals surface area contributed by atoms with Gasteiger partial charge in [0, 0.05) is 13.1 Å². The molecule has 20 heavy (non-hydrogen) atoms. The Morgan fingerprint density at radius 3 is 2.85 bits per heavy atom. The number of nitro groups is 1. The second kappa shape index (κ2) is 5.66. The van der Waals surface area contributed by atoms with Crippen molar-refractivity contribution in [1.82, 2.24) is 9.97 Å². The van der Waals surface area contributed by atoms with Gasteiger partial charge in [0.15, 0.2) is 0 Å². The fraction of sp³-hybridized carbons (Fsp3) is 0.0909. The third-order valence-corrected chi connectivity index (χ3v) is 2.55. The molecular formula is C11H8ClFN4O3. The molecule has 7 nitrogen and oxygen atoms in total. The lowest BCUT2D eigenvalue weighted by Crippen LogP contribution is -2.02. The highest BCUT2D eigenvalue weighted by atomic mass is 35.5. The summed E-state index contributed by atoms with van der Waals surface area (Å²) in [6.07, 6.45) is 1.01. The van der Waals surface area contributed by atoms with Crippen molar-refractivity contribution in [3.05, 3.63) is 45.4 Å². The Balaban J connectivity index is 2.40. The van der Waals surface area contributed by atoms with Crippen molar-refractivity contribution >= 4 is 23.2 Å². The number of halogens is 2. The van der Waals surface area contributed by atoms with E-state index in [0.717, 1.165) is 12.3 Å². The van der Waals surface area contributed by atoms with E-state index in [0.29, 0.717) is 0 Å². The fourth-order valence-corrected chi connectivity index (χ4v) is 1.50. The van der Waals surface area contributed by atoms with Crippen LogP contribution in [0.3, 0.4) is 0 Å². The standard InChI is InChI=1S/C11H8ClFN4O3/c1-14-11-15-5-9(17(18)19)10(16-11)20-6-2-3-8(13)7(12)4-6/h2-5H,1H3,(H,14,15,16). The van der Waals surface area contributed by atoms with Crippen LogP contribution < -0.4 is 10.1 Å². The van der Waals surface area contributed by atoms with Crippen LogP contribution in [0.15, 0.2) is 24.4 Å². The quantitative estimate of drug-likeness (QED) is 0.689. The summed E-state index contributed by atoms with van der Waals surface area (Å²) in [4.78, 5) is 17.8. The molecule has 0 atom stereocenters. The molecule has 104 valence electrons. The molecule has 0 radical (unpaired) electrons. The van der Waals surface area contributed by atoms with E-state index in [1.165, 1.54) is 12.1 Å². The van der Waals surface area contributed by atoms with Gasteiger partial charge < -0.3 is 10.1 Å². The number of hydrogen-bond acceptors (Lipinski definition) is 6. The Morgan fingerprint density at radius 2 is 2.25 bits per heavy atom. The molecule has 0 unspecified atom stereocenters. The first-order chi connectivity index (χ1) is 9.51. The Kier molecular flexibility index (Phi) is 3.94. The zero-order valence-electron chi connectivity index (χ0n) is 10.1. The van der Waals surface area contributed by atoms with Crippen molar-refractivity contribution in [2.75, 3.05) is 12.4 Å². The first-order valence-corrected chi connectivity index (χ1v) is 5.71. The summed E-state index contributed by atoms with van der Waals surface area (Å²) in [5, 5.41) is 13.3. The van der Waals surface area contributed by atoms with E-state index in [9.17, 15) is 14.5 Å². The summed E-state index contributed by atoms with van der Waals surface area (Å²) < 4.78 is 18.3. The van der Waals surface area contributed by atoms with Crippen molar-refractivity contribution in [3.63, 3.8) is 0 Å². The van der Waals surface area contributed by atoms with Gasteiger partial charge in [0.1, 0.15) is 17.8 Å². The minimum atomic E-state index is -0.681. The van der Waals surface area contributed by atoms with Gasteiger partial charge in [0.05, 0.1) is 9.95 Å². The van der Waals surface area contributed by atoms with Crippen LogP contribution in [-0.2, 0) is 0 Å². The van der Waals surface area contributed by atoms with Crippen molar-refractivity contribution in [1.29, 1.82) is 0 Å². The first kappa shape index (κ1) is 13.9. The van der Waals surface area contributed by atoms with Gasteiger partial charge >= 0.3 is 11.6 Å². The molecule has 0 aliphatic heterocycles. The van der Waals surface area contributed by atoms with Gasteiger partial charge in [-0.3, -0.25) is 10.1 Å². The molecule has 2 rings (SSSR count). The molecule has 0 spiro atoms. The van der Waals surface area contributed by atoms with Crippen LogP contribution in [0, 0.1) is 15.9 Å². The molecule has 0 bridgehead atoms. The molecule has 0 saturated heterocycles. The van der Waals surface area contributed by atoms with E-state index in [2.05, 4.69) is 15.3 Å². The molecule has 0 aliphatic carbocycles. The molecule has 0 fully saturated rings. The fourth-order valence-electron chi connectivity index (χ4n) is 1.33. The summed E-state index contributed by atoms with van der Waals surface area (Å²) in [5.74, 6) is -0.608. The van der Waals surface area contributed by atoms with Crippen LogP contribution in [0.1, 0.15) is 0 Å². The van der Waals surface area contributed by atoms with Crippen LogP contribution in [0.25, 0.3) is 0 Å². The Hall–Kier alpha value is -2.48. The molecule has 1 N–H and O–H groups in total. The number of nitrogens with one attached hydrogen (secondary N) is 1. The van der Waals surface area contributed by atoms with E-state index in [-0.39, 0.29) is 22.6 Å². The predicted octanol–water partition coefficient (Wildman–Crippen LogP) is 3.01. The van der Waals surface area contributed by atoms with E-state index in [1.807, 2.05) is 0 Å². The van der Waals surface area contributed by atoms with E-state index >= 15 is 0 Å². The zero-order chi connectivity index (χ0) is 14.7. The molecule has 0 saturated carbocycles. The van der Waals surface area contributed by atoms with Crippen LogP contribution in [0.2, 0.25) is 5.02 Å². The molecular weight excluding hydrogens is 291 g/mol. The average molecular weight is 299 g/mol. The van der Waals surface area contributed by atoms with Crippen molar-refractivity contribution in [3.8, 4) is 11.6 Å². The third kappa shape index (κ3) is 2.91. The molecule has 2 aromatic rings. The lowest BCUT2D eigenvalue weighted by atomic mass is 10.3. The molecule has 1 aromatic carbocycles. The number of benzene rings is 1. The normalized spacial score (nSPS) is 10.2. The Morgan fingerprint density at radius 1 is 1.50 bits per heavy atom. The summed E-state index contributed by atoms with van der Waals surface area (Å²) >= 11 is 5.61. The molecule has 0 aliphatic rings. The van der Waals surface area contributed by atoms with E-state index in [4.69, 9.17) is 16.3 Å². The van der Waals surface area contributed by atoms with Crippen LogP contribution in [-0.4, -0.2) is 21.9 Å². The number of ether oxygens (including phenoxy) is 1. The van der Waals surface area contributed by atoms with Crippen molar-refractivity contribution < 1.29 is 14.1 Å². The van der Waals surface area contributed by atoms with Crippen molar-refractivity contribution in [2.24, 2.45) is 0 Å². The van der Waals surface area contributed by atoms with E-state index in [1.54, 1.807) is 7.05 Å². The number of nitrogens with zero attached hydrogens (tertiary/aromatic N) is 3. The summed E-state index contributed by atoms with van der Waals surface area (Å²) in [6.45, 7) is 0. The highest BCUT2D eigenvalue weighted by molar-refractivity contribution is 6.30.